The zero-order valence-corrected chi connectivity index (χ0v) is 16.9. The summed E-state index contributed by atoms with van der Waals surface area (Å²) in [6.45, 7) is 11.9. The van der Waals surface area contributed by atoms with E-state index < -0.39 is 0 Å². The van der Waals surface area contributed by atoms with Gasteiger partial charge in [0.2, 0.25) is 0 Å². The van der Waals surface area contributed by atoms with E-state index in [2.05, 4.69) is 69.0 Å². The number of nitrogens with zero attached hydrogens (tertiary/aromatic N) is 1. The summed E-state index contributed by atoms with van der Waals surface area (Å²) in [4.78, 5) is 2.35. The van der Waals surface area contributed by atoms with Gasteiger partial charge in [-0.3, -0.25) is 0 Å². The average molecular weight is 366 g/mol. The summed E-state index contributed by atoms with van der Waals surface area (Å²) < 4.78 is 11.8. The van der Waals surface area contributed by atoms with Crippen molar-refractivity contribution in [2.45, 2.75) is 34.2 Å². The van der Waals surface area contributed by atoms with Crippen molar-refractivity contribution >= 4 is 24.0 Å². The first-order chi connectivity index (χ1) is 12.8. The molecular weight excluding hydrogens is 335 g/mol. The number of hydrogen-bond donors (Lipinski definition) is 1. The summed E-state index contributed by atoms with van der Waals surface area (Å²) in [7, 11) is -0.331. The number of nitrogen functional groups attached to an aromatic ring is 1. The molecule has 1 fully saturated rings. The van der Waals surface area contributed by atoms with E-state index in [1.807, 2.05) is 12.1 Å². The van der Waals surface area contributed by atoms with Crippen molar-refractivity contribution in [3.63, 3.8) is 0 Å². The molecule has 1 heterocycles. The Bertz CT molecular complexity index is 739. The second-order valence-electron chi connectivity index (χ2n) is 8.70. The van der Waals surface area contributed by atoms with E-state index >= 15 is 0 Å². The Morgan fingerprint density at radius 1 is 1.07 bits per heavy atom. The van der Waals surface area contributed by atoms with Crippen molar-refractivity contribution in [2.24, 2.45) is 11.3 Å². The molecule has 0 spiro atoms. The highest BCUT2D eigenvalue weighted by Gasteiger charge is 2.33. The van der Waals surface area contributed by atoms with Crippen LogP contribution in [0.3, 0.4) is 0 Å². The van der Waals surface area contributed by atoms with E-state index in [-0.39, 0.29) is 12.5 Å². The fourth-order valence-electron chi connectivity index (χ4n) is 3.39. The maximum absolute atomic E-state index is 6.46. The van der Waals surface area contributed by atoms with Crippen LogP contribution in [0.25, 0.3) is 0 Å². The summed E-state index contributed by atoms with van der Waals surface area (Å²) in [5.41, 5.74) is 10.6. The van der Waals surface area contributed by atoms with Crippen LogP contribution in [0.1, 0.15) is 33.3 Å². The Hall–Kier alpha value is -1.98. The van der Waals surface area contributed by atoms with E-state index in [1.165, 1.54) is 5.56 Å². The Morgan fingerprint density at radius 2 is 1.74 bits per heavy atom. The van der Waals surface area contributed by atoms with Crippen LogP contribution in [0.4, 0.5) is 11.4 Å². The van der Waals surface area contributed by atoms with Gasteiger partial charge in [0.25, 0.3) is 0 Å². The number of rotatable bonds is 6. The Balaban J connectivity index is 1.79. The first-order valence-electron chi connectivity index (χ1n) is 9.75. The molecule has 0 atom stereocenters. The number of hydrogen-bond acceptors (Lipinski definition) is 4. The largest absolute Gasteiger partial charge is 0.493 e. The molecule has 0 unspecified atom stereocenters. The molecule has 0 aromatic heterocycles. The summed E-state index contributed by atoms with van der Waals surface area (Å²) >= 11 is 0. The molecular formula is C22H31BN2O2. The van der Waals surface area contributed by atoms with Gasteiger partial charge in [-0.2, -0.15) is 0 Å². The summed E-state index contributed by atoms with van der Waals surface area (Å²) in [5, 5.41) is 0. The average Bonchev–Trinajstić information content (AvgIpc) is 2.61. The molecule has 4 nitrogen and oxygen atoms in total. The minimum absolute atomic E-state index is 0.0612. The summed E-state index contributed by atoms with van der Waals surface area (Å²) in [6.07, 6.45) is 0. The molecule has 0 radical (unpaired) electrons. The maximum Gasteiger partial charge on any atom is 0.493 e. The zero-order chi connectivity index (χ0) is 19.4. The molecule has 0 amide bonds. The molecule has 0 bridgehead atoms. The van der Waals surface area contributed by atoms with Crippen molar-refractivity contribution in [2.75, 3.05) is 30.4 Å². The normalized spacial score (nSPS) is 16.6. The van der Waals surface area contributed by atoms with Gasteiger partial charge in [-0.15, -0.1) is 0 Å². The SMILES string of the molecule is CC(C)CN(Cc1ccccc1)c1ccc(B2OCC(C)(C)CO2)cc1N. The first kappa shape index (κ1) is 19.8. The van der Waals surface area contributed by atoms with Gasteiger partial charge in [0.1, 0.15) is 0 Å². The predicted octanol–water partition coefficient (Wildman–Crippen LogP) is 3.70. The maximum atomic E-state index is 6.46. The van der Waals surface area contributed by atoms with Gasteiger partial charge in [-0.25, -0.2) is 0 Å². The topological polar surface area (TPSA) is 47.7 Å². The molecule has 144 valence electrons. The monoisotopic (exact) mass is 366 g/mol. The Kier molecular flexibility index (Phi) is 6.13. The van der Waals surface area contributed by atoms with Crippen LogP contribution in [0.15, 0.2) is 48.5 Å². The van der Waals surface area contributed by atoms with Crippen LogP contribution in [-0.4, -0.2) is 26.9 Å². The minimum Gasteiger partial charge on any atom is -0.407 e. The van der Waals surface area contributed by atoms with E-state index in [0.717, 1.165) is 29.9 Å². The van der Waals surface area contributed by atoms with E-state index in [1.54, 1.807) is 0 Å². The van der Waals surface area contributed by atoms with E-state index in [4.69, 9.17) is 15.0 Å². The first-order valence-corrected chi connectivity index (χ1v) is 9.75. The third-order valence-corrected chi connectivity index (χ3v) is 4.72. The Morgan fingerprint density at radius 3 is 2.33 bits per heavy atom. The smallest absolute Gasteiger partial charge is 0.407 e. The fraction of sp³-hybridized carbons (Fsp3) is 0.455. The lowest BCUT2D eigenvalue weighted by molar-refractivity contribution is 0.0343. The minimum atomic E-state index is -0.331. The van der Waals surface area contributed by atoms with Gasteiger partial charge in [0.05, 0.1) is 11.4 Å². The fourth-order valence-corrected chi connectivity index (χ4v) is 3.39. The van der Waals surface area contributed by atoms with Crippen LogP contribution < -0.4 is 16.1 Å². The lowest BCUT2D eigenvalue weighted by Gasteiger charge is -2.33. The van der Waals surface area contributed by atoms with Crippen molar-refractivity contribution in [3.05, 3.63) is 54.1 Å². The molecule has 1 saturated heterocycles. The molecule has 1 aliphatic heterocycles. The Labute approximate surface area is 163 Å². The molecule has 2 N–H and O–H groups in total. The van der Waals surface area contributed by atoms with Crippen LogP contribution in [0, 0.1) is 11.3 Å². The van der Waals surface area contributed by atoms with Crippen molar-refractivity contribution in [1.82, 2.24) is 0 Å². The lowest BCUT2D eigenvalue weighted by Crippen LogP contribution is -2.47. The number of nitrogens with two attached hydrogens (primary N) is 1. The number of benzene rings is 2. The van der Waals surface area contributed by atoms with Crippen LogP contribution >= 0.6 is 0 Å². The van der Waals surface area contributed by atoms with Crippen molar-refractivity contribution in [1.29, 1.82) is 0 Å². The lowest BCUT2D eigenvalue weighted by atomic mass is 9.75. The third kappa shape index (κ3) is 5.27. The van der Waals surface area contributed by atoms with Gasteiger partial charge in [0.15, 0.2) is 0 Å². The van der Waals surface area contributed by atoms with E-state index in [9.17, 15) is 0 Å². The molecule has 3 rings (SSSR count). The highest BCUT2D eigenvalue weighted by atomic mass is 16.6. The van der Waals surface area contributed by atoms with Crippen molar-refractivity contribution < 1.29 is 9.31 Å². The standard InChI is InChI=1S/C22H31BN2O2/c1-17(2)13-25(14-18-8-6-5-7-9-18)21-11-10-19(12-20(21)24)23-26-15-22(3,4)16-27-23/h5-12,17H,13-16,24H2,1-4H3. The molecule has 27 heavy (non-hydrogen) atoms. The highest BCUT2D eigenvalue weighted by molar-refractivity contribution is 6.61. The van der Waals surface area contributed by atoms with Crippen molar-refractivity contribution in [3.8, 4) is 0 Å². The third-order valence-electron chi connectivity index (χ3n) is 4.72. The molecule has 5 heteroatoms. The van der Waals surface area contributed by atoms with Gasteiger partial charge in [0, 0.05) is 31.7 Å². The molecule has 0 saturated carbocycles. The zero-order valence-electron chi connectivity index (χ0n) is 16.9. The van der Waals surface area contributed by atoms with Gasteiger partial charge in [-0.05, 0) is 29.1 Å². The summed E-state index contributed by atoms with van der Waals surface area (Å²) in [5.74, 6) is 0.542. The van der Waals surface area contributed by atoms with Crippen LogP contribution in [0.5, 0.6) is 0 Å². The second kappa shape index (κ2) is 8.36. The highest BCUT2D eigenvalue weighted by Crippen LogP contribution is 2.26. The predicted molar refractivity (Wildman–Crippen MR) is 114 cm³/mol. The van der Waals surface area contributed by atoms with Crippen LogP contribution in [0.2, 0.25) is 0 Å². The molecule has 2 aromatic rings. The van der Waals surface area contributed by atoms with Gasteiger partial charge >= 0.3 is 7.12 Å². The summed E-state index contributed by atoms with van der Waals surface area (Å²) in [6, 6.07) is 16.7. The van der Waals surface area contributed by atoms with E-state index in [0.29, 0.717) is 19.1 Å². The quantitative estimate of drug-likeness (QED) is 0.626. The number of anilines is 2. The van der Waals surface area contributed by atoms with Gasteiger partial charge < -0.3 is 19.9 Å². The molecule has 0 aliphatic carbocycles. The van der Waals surface area contributed by atoms with Gasteiger partial charge in [-0.1, -0.05) is 64.1 Å². The van der Waals surface area contributed by atoms with Crippen LogP contribution in [-0.2, 0) is 15.9 Å². The second-order valence-corrected chi connectivity index (χ2v) is 8.70. The molecule has 1 aliphatic rings. The molecule has 2 aromatic carbocycles.